The Morgan fingerprint density at radius 2 is 1.19 bits per heavy atom. The van der Waals surface area contributed by atoms with Crippen LogP contribution in [0.2, 0.25) is 0 Å². The number of aliphatic hydroxyl groups excluding tert-OH is 2. The van der Waals surface area contributed by atoms with E-state index in [1.807, 2.05) is 0 Å². The predicted octanol–water partition coefficient (Wildman–Crippen LogP) is 8.24. The van der Waals surface area contributed by atoms with Crippen molar-refractivity contribution in [2.45, 2.75) is 181 Å². The highest BCUT2D eigenvalue weighted by molar-refractivity contribution is 5.76. The molecule has 0 spiro atoms. The lowest BCUT2D eigenvalue weighted by Gasteiger charge is -2.57. The van der Waals surface area contributed by atoms with Crippen LogP contribution < -0.4 is 0 Å². The fraction of sp³-hybridized carbons (Fsp3) is 0.833. The first kappa shape index (κ1) is 44.3. The average molecular weight is 825 g/mol. The van der Waals surface area contributed by atoms with Crippen molar-refractivity contribution in [3.63, 3.8) is 0 Å². The quantitative estimate of drug-likeness (QED) is 0.0639. The predicted molar refractivity (Wildman–Crippen MR) is 219 cm³/mol. The molecule has 8 aliphatic rings. The highest BCUT2D eigenvalue weighted by Gasteiger charge is 2.61. The van der Waals surface area contributed by atoms with Crippen LogP contribution in [0.5, 0.6) is 0 Å². The Bertz CT molecular complexity index is 1650. The first-order valence-electron chi connectivity index (χ1n) is 23.1. The molecule has 0 bridgehead atoms. The fourth-order valence-electron chi connectivity index (χ4n) is 14.7. The maximum absolute atomic E-state index is 12.3. The standard InChI is InChI=1S/C27H40O8.C21H32O3/c1-26-12-9-18(34-25(32)11-14-33-16-28)15-17(26)3-4-19-20-5-6-22(27(20,2)13-10-21(19)26)35-24(31)8-7-23(29)30;1-13(22)24-15-8-10-20(2)14(12-15)4-5-16-17-6-7-19(23)21(17,3)11-9-18(16)20/h3,18-22,28H,4-16H2,1-2H3,(H,29,30);4,15-19,23H,5-12H2,1-3H3/t18-,19?,20?,21?,22-,26-,27-;15-,16?,17?,18?,19-,20-,21-/m00/s1. The van der Waals surface area contributed by atoms with Gasteiger partial charge in [-0.05, 0) is 142 Å². The number of hydrogen-bond acceptors (Lipinski definition) is 10. The van der Waals surface area contributed by atoms with Crippen molar-refractivity contribution in [2.75, 3.05) is 13.4 Å². The van der Waals surface area contributed by atoms with Crippen LogP contribution in [0.3, 0.4) is 0 Å². The van der Waals surface area contributed by atoms with E-state index in [9.17, 15) is 24.3 Å². The number of fused-ring (bicyclic) bond motifs is 10. The maximum Gasteiger partial charge on any atom is 0.308 e. The van der Waals surface area contributed by atoms with Crippen LogP contribution in [0.4, 0.5) is 0 Å². The van der Waals surface area contributed by atoms with Crippen molar-refractivity contribution in [1.82, 2.24) is 0 Å². The molecule has 59 heavy (non-hydrogen) atoms. The van der Waals surface area contributed by atoms with E-state index in [1.165, 1.54) is 31.8 Å². The molecule has 11 heteroatoms. The molecule has 14 atom stereocenters. The van der Waals surface area contributed by atoms with E-state index in [0.717, 1.165) is 95.3 Å². The van der Waals surface area contributed by atoms with Gasteiger partial charge < -0.3 is 34.3 Å². The number of carboxylic acids is 1. The van der Waals surface area contributed by atoms with Gasteiger partial charge in [0.2, 0.25) is 0 Å². The Labute approximate surface area is 351 Å². The summed E-state index contributed by atoms with van der Waals surface area (Å²) in [5, 5.41) is 28.1. The van der Waals surface area contributed by atoms with E-state index in [2.05, 4.69) is 39.8 Å². The number of carbonyl (C=O) groups is 4. The molecule has 11 nitrogen and oxygen atoms in total. The lowest BCUT2D eigenvalue weighted by Crippen LogP contribution is -2.51. The molecule has 0 aromatic heterocycles. The van der Waals surface area contributed by atoms with Crippen molar-refractivity contribution < 1.29 is 53.4 Å². The molecule has 330 valence electrons. The van der Waals surface area contributed by atoms with E-state index < -0.39 is 18.7 Å². The molecule has 0 heterocycles. The Hall–Kier alpha value is -2.76. The minimum absolute atomic E-state index is 0.0505. The van der Waals surface area contributed by atoms with E-state index in [1.54, 1.807) is 5.57 Å². The number of ether oxygens (including phenoxy) is 4. The zero-order valence-electron chi connectivity index (χ0n) is 36.4. The number of aliphatic hydroxyl groups is 2. The summed E-state index contributed by atoms with van der Waals surface area (Å²) >= 11 is 0. The highest BCUT2D eigenvalue weighted by Crippen LogP contribution is 2.67. The number of aliphatic carboxylic acids is 1. The molecule has 0 aromatic rings. The second kappa shape index (κ2) is 17.5. The van der Waals surface area contributed by atoms with Crippen molar-refractivity contribution in [3.8, 4) is 0 Å². The number of esters is 3. The Balaban J connectivity index is 0.000000191. The van der Waals surface area contributed by atoms with Gasteiger partial charge in [-0.2, -0.15) is 0 Å². The van der Waals surface area contributed by atoms with E-state index in [0.29, 0.717) is 23.7 Å². The van der Waals surface area contributed by atoms with Crippen LogP contribution in [0.1, 0.15) is 157 Å². The second-order valence-electron chi connectivity index (χ2n) is 20.8. The first-order chi connectivity index (χ1) is 28.0. The fourth-order valence-corrected chi connectivity index (χ4v) is 14.7. The summed E-state index contributed by atoms with van der Waals surface area (Å²) in [5.41, 5.74) is 3.47. The van der Waals surface area contributed by atoms with Crippen molar-refractivity contribution >= 4 is 23.9 Å². The summed E-state index contributed by atoms with van der Waals surface area (Å²) in [6.45, 7) is 10.8. The van der Waals surface area contributed by atoms with Gasteiger partial charge in [0.25, 0.3) is 0 Å². The topological polar surface area (TPSA) is 166 Å². The van der Waals surface area contributed by atoms with Crippen LogP contribution in [0, 0.1) is 57.2 Å². The number of hydrogen-bond donors (Lipinski definition) is 3. The van der Waals surface area contributed by atoms with Crippen LogP contribution in [-0.4, -0.2) is 77.0 Å². The molecule has 6 saturated carbocycles. The minimum Gasteiger partial charge on any atom is -0.481 e. The number of carboxylic acid groups (broad SMARTS) is 1. The average Bonchev–Trinajstić information content (AvgIpc) is 3.68. The maximum atomic E-state index is 12.3. The molecule has 0 amide bonds. The largest absolute Gasteiger partial charge is 0.481 e. The van der Waals surface area contributed by atoms with Gasteiger partial charge in [0.15, 0.2) is 0 Å². The van der Waals surface area contributed by atoms with Crippen molar-refractivity contribution in [3.05, 3.63) is 23.3 Å². The smallest absolute Gasteiger partial charge is 0.308 e. The van der Waals surface area contributed by atoms with Crippen LogP contribution >= 0.6 is 0 Å². The highest BCUT2D eigenvalue weighted by atomic mass is 16.6. The Morgan fingerprint density at radius 3 is 1.76 bits per heavy atom. The molecule has 0 aromatic carbocycles. The third-order valence-electron chi connectivity index (χ3n) is 18.0. The second-order valence-corrected chi connectivity index (χ2v) is 20.8. The molecule has 0 saturated heterocycles. The molecule has 8 rings (SSSR count). The summed E-state index contributed by atoms with van der Waals surface area (Å²) in [7, 11) is 0. The molecular weight excluding hydrogens is 753 g/mol. The molecule has 6 fully saturated rings. The van der Waals surface area contributed by atoms with Crippen molar-refractivity contribution in [1.29, 1.82) is 0 Å². The summed E-state index contributed by atoms with van der Waals surface area (Å²) in [6, 6.07) is 0. The summed E-state index contributed by atoms with van der Waals surface area (Å²) in [4.78, 5) is 46.5. The third kappa shape index (κ3) is 8.56. The van der Waals surface area contributed by atoms with Gasteiger partial charge in [0.1, 0.15) is 25.1 Å². The first-order valence-corrected chi connectivity index (χ1v) is 23.1. The number of allylic oxidation sites excluding steroid dienone is 2. The van der Waals surface area contributed by atoms with E-state index >= 15 is 0 Å². The van der Waals surface area contributed by atoms with Crippen LogP contribution in [0.25, 0.3) is 0 Å². The molecule has 0 radical (unpaired) electrons. The van der Waals surface area contributed by atoms with Crippen LogP contribution in [0.15, 0.2) is 23.3 Å². The molecule has 3 N–H and O–H groups in total. The molecule has 6 unspecified atom stereocenters. The van der Waals surface area contributed by atoms with Gasteiger partial charge in [0, 0.05) is 25.2 Å². The van der Waals surface area contributed by atoms with Crippen molar-refractivity contribution in [2.24, 2.45) is 57.2 Å². The van der Waals surface area contributed by atoms with Gasteiger partial charge >= 0.3 is 23.9 Å². The summed E-state index contributed by atoms with van der Waals surface area (Å²) in [6.07, 6.45) is 21.1. The Kier molecular flexibility index (Phi) is 13.2. The van der Waals surface area contributed by atoms with Gasteiger partial charge in [-0.1, -0.05) is 51.0 Å². The molecule has 8 aliphatic carbocycles. The van der Waals surface area contributed by atoms with Gasteiger partial charge in [-0.15, -0.1) is 0 Å². The minimum atomic E-state index is -0.976. The van der Waals surface area contributed by atoms with Gasteiger partial charge in [-0.25, -0.2) is 0 Å². The SMILES string of the molecule is CC(=O)O[C@H]1CC[C@@]2(C)C(=CCC3C2CC[C@@]2(C)C3CC[C@@H]2O)C1.C[C@]12CC[C@H](OC(=O)CCOCO)CC1=CCC1C2CC[C@@]2(C)C1CC[C@@H]2OC(=O)CCC(=O)O. The summed E-state index contributed by atoms with van der Waals surface area (Å²) < 4.78 is 21.9. The lowest BCUT2D eigenvalue weighted by molar-refractivity contribution is -0.161. The van der Waals surface area contributed by atoms with E-state index in [4.69, 9.17) is 29.2 Å². The zero-order chi connectivity index (χ0) is 42.3. The third-order valence-corrected chi connectivity index (χ3v) is 18.0. The monoisotopic (exact) mass is 825 g/mol. The lowest BCUT2D eigenvalue weighted by atomic mass is 9.48. The van der Waals surface area contributed by atoms with Gasteiger partial charge in [-0.3, -0.25) is 19.2 Å². The van der Waals surface area contributed by atoms with Gasteiger partial charge in [0.05, 0.1) is 32.0 Å². The van der Waals surface area contributed by atoms with Crippen LogP contribution in [-0.2, 0) is 38.1 Å². The Morgan fingerprint density at radius 1 is 0.644 bits per heavy atom. The normalized spacial score (nSPS) is 43.0. The number of rotatable bonds is 10. The van der Waals surface area contributed by atoms with E-state index in [-0.39, 0.29) is 83.9 Å². The number of carbonyl (C=O) groups excluding carboxylic acids is 3. The summed E-state index contributed by atoms with van der Waals surface area (Å²) in [5.74, 6) is 2.01. The molecular formula is C48H72O11. The zero-order valence-corrected chi connectivity index (χ0v) is 36.4. The molecule has 0 aliphatic heterocycles.